The number of hydrogen-bond donors (Lipinski definition) is 1. The van der Waals surface area contributed by atoms with Gasteiger partial charge < -0.3 is 19.9 Å². The van der Waals surface area contributed by atoms with Gasteiger partial charge >= 0.3 is 6.61 Å². The molecule has 0 radical (unpaired) electrons. The topological polar surface area (TPSA) is 61.9 Å². The molecular weight excluding hydrogens is 396 g/mol. The van der Waals surface area contributed by atoms with Gasteiger partial charge in [-0.15, -0.1) is 0 Å². The zero-order valence-electron chi connectivity index (χ0n) is 15.4. The molecule has 0 unspecified atom stereocenters. The van der Waals surface area contributed by atoms with Gasteiger partial charge in [-0.3, -0.25) is 0 Å². The summed E-state index contributed by atoms with van der Waals surface area (Å²) in [4.78, 5) is 3.98. The minimum Gasteiger partial charge on any atom is -0.435 e. The van der Waals surface area contributed by atoms with Crippen LogP contribution in [0.3, 0.4) is 0 Å². The molecule has 1 aliphatic rings. The Morgan fingerprint density at radius 2 is 1.96 bits per heavy atom. The standard InChI is InChI=1S/C17H25F2N3O3S2/c1-21(2)9-3-10-22(14-8-11-27(23,24)12-14)17(26)20-13-4-6-15(7-5-13)25-16(18)19/h4-7,14,16H,3,8-12H2,1-2H3,(H,20,26)/t14-/m1/s1. The summed E-state index contributed by atoms with van der Waals surface area (Å²) in [5.74, 6) is 0.327. The molecule has 0 spiro atoms. The van der Waals surface area contributed by atoms with E-state index in [1.54, 1.807) is 12.1 Å². The van der Waals surface area contributed by atoms with Crippen LogP contribution >= 0.6 is 12.2 Å². The predicted octanol–water partition coefficient (Wildman–Crippen LogP) is 2.43. The Bertz CT molecular complexity index is 727. The van der Waals surface area contributed by atoms with Crippen molar-refractivity contribution >= 4 is 32.9 Å². The van der Waals surface area contributed by atoms with Crippen LogP contribution < -0.4 is 10.1 Å². The Hall–Kier alpha value is -1.52. The molecule has 1 aromatic carbocycles. The lowest BCUT2D eigenvalue weighted by Crippen LogP contribution is -2.44. The summed E-state index contributed by atoms with van der Waals surface area (Å²) < 4.78 is 52.5. The highest BCUT2D eigenvalue weighted by atomic mass is 32.2. The number of benzene rings is 1. The number of nitrogens with one attached hydrogen (secondary N) is 1. The van der Waals surface area contributed by atoms with E-state index >= 15 is 0 Å². The predicted molar refractivity (Wildman–Crippen MR) is 106 cm³/mol. The molecule has 0 aliphatic carbocycles. The fraction of sp³-hybridized carbons (Fsp3) is 0.588. The van der Waals surface area contributed by atoms with Crippen LogP contribution in [0.15, 0.2) is 24.3 Å². The molecule has 1 saturated heterocycles. The van der Waals surface area contributed by atoms with Gasteiger partial charge in [-0.25, -0.2) is 8.42 Å². The van der Waals surface area contributed by atoms with E-state index in [9.17, 15) is 17.2 Å². The van der Waals surface area contributed by atoms with Gasteiger partial charge in [-0.1, -0.05) is 0 Å². The summed E-state index contributed by atoms with van der Waals surface area (Å²) in [7, 11) is 0.920. The lowest BCUT2D eigenvalue weighted by atomic mass is 10.2. The van der Waals surface area contributed by atoms with E-state index in [1.807, 2.05) is 19.0 Å². The first-order valence-corrected chi connectivity index (χ1v) is 10.9. The van der Waals surface area contributed by atoms with Gasteiger partial charge in [-0.05, 0) is 70.0 Å². The highest BCUT2D eigenvalue weighted by molar-refractivity contribution is 7.91. The Balaban J connectivity index is 2.03. The first kappa shape index (κ1) is 21.8. The van der Waals surface area contributed by atoms with Crippen LogP contribution in [0.2, 0.25) is 0 Å². The molecular formula is C17H25F2N3O3S2. The Kier molecular flexibility index (Phi) is 7.75. The van der Waals surface area contributed by atoms with E-state index in [4.69, 9.17) is 12.2 Å². The highest BCUT2D eigenvalue weighted by Gasteiger charge is 2.33. The number of halogens is 2. The maximum Gasteiger partial charge on any atom is 0.387 e. The van der Waals surface area contributed by atoms with Gasteiger partial charge in [0.25, 0.3) is 0 Å². The van der Waals surface area contributed by atoms with Crippen LogP contribution in [0, 0.1) is 0 Å². The van der Waals surface area contributed by atoms with Crippen molar-refractivity contribution in [3.63, 3.8) is 0 Å². The van der Waals surface area contributed by atoms with Crippen molar-refractivity contribution in [2.75, 3.05) is 44.0 Å². The van der Waals surface area contributed by atoms with Crippen molar-refractivity contribution in [1.82, 2.24) is 9.80 Å². The molecule has 1 aliphatic heterocycles. The molecule has 27 heavy (non-hydrogen) atoms. The van der Waals surface area contributed by atoms with Gasteiger partial charge in [0.2, 0.25) is 0 Å². The molecule has 0 saturated carbocycles. The molecule has 1 aromatic rings. The second-order valence-corrected chi connectivity index (χ2v) is 9.36. The summed E-state index contributed by atoms with van der Waals surface area (Å²) in [6, 6.07) is 5.88. The van der Waals surface area contributed by atoms with E-state index in [1.165, 1.54) is 12.1 Å². The first-order valence-electron chi connectivity index (χ1n) is 8.64. The van der Waals surface area contributed by atoms with Crippen LogP contribution in [0.4, 0.5) is 14.5 Å². The number of sulfone groups is 1. The van der Waals surface area contributed by atoms with Gasteiger partial charge in [-0.2, -0.15) is 8.78 Å². The van der Waals surface area contributed by atoms with Gasteiger partial charge in [0, 0.05) is 18.3 Å². The van der Waals surface area contributed by atoms with Crippen molar-refractivity contribution in [1.29, 1.82) is 0 Å². The summed E-state index contributed by atoms with van der Waals surface area (Å²) in [5.41, 5.74) is 0.625. The maximum atomic E-state index is 12.2. The number of rotatable bonds is 8. The quantitative estimate of drug-likeness (QED) is 0.647. The molecule has 1 N–H and O–H groups in total. The fourth-order valence-corrected chi connectivity index (χ4v) is 5.03. The smallest absolute Gasteiger partial charge is 0.387 e. The summed E-state index contributed by atoms with van der Waals surface area (Å²) >= 11 is 5.51. The Morgan fingerprint density at radius 3 is 2.48 bits per heavy atom. The summed E-state index contributed by atoms with van der Waals surface area (Å²) in [5, 5.41) is 3.50. The van der Waals surface area contributed by atoms with Crippen molar-refractivity contribution in [2.24, 2.45) is 0 Å². The number of alkyl halides is 2. The maximum absolute atomic E-state index is 12.2. The highest BCUT2D eigenvalue weighted by Crippen LogP contribution is 2.21. The van der Waals surface area contributed by atoms with Crippen LogP contribution in [0.25, 0.3) is 0 Å². The fourth-order valence-electron chi connectivity index (χ4n) is 2.94. The average molecular weight is 422 g/mol. The third-order valence-electron chi connectivity index (χ3n) is 4.25. The van der Waals surface area contributed by atoms with Gasteiger partial charge in [0.1, 0.15) is 5.75 Å². The first-order chi connectivity index (χ1) is 12.7. The van der Waals surface area contributed by atoms with Crippen molar-refractivity contribution in [3.05, 3.63) is 24.3 Å². The molecule has 0 bridgehead atoms. The minimum absolute atomic E-state index is 0.0613. The lowest BCUT2D eigenvalue weighted by molar-refractivity contribution is -0.0498. The normalized spacial score (nSPS) is 18.7. The van der Waals surface area contributed by atoms with E-state index in [-0.39, 0.29) is 23.3 Å². The van der Waals surface area contributed by atoms with Crippen molar-refractivity contribution in [2.45, 2.75) is 25.5 Å². The monoisotopic (exact) mass is 421 g/mol. The van der Waals surface area contributed by atoms with Gasteiger partial charge in [0.15, 0.2) is 14.9 Å². The summed E-state index contributed by atoms with van der Waals surface area (Å²) in [6.45, 7) is -1.38. The Labute approximate surface area is 164 Å². The van der Waals surface area contributed by atoms with E-state index in [0.717, 1.165) is 13.0 Å². The average Bonchev–Trinajstić information content (AvgIpc) is 2.92. The van der Waals surface area contributed by atoms with Crippen molar-refractivity contribution in [3.8, 4) is 5.75 Å². The molecule has 1 heterocycles. The molecule has 152 valence electrons. The number of hydrogen-bond acceptors (Lipinski definition) is 5. The minimum atomic E-state index is -3.03. The van der Waals surface area contributed by atoms with E-state index in [2.05, 4.69) is 15.0 Å². The lowest BCUT2D eigenvalue weighted by Gasteiger charge is -2.31. The number of anilines is 1. The second-order valence-electron chi connectivity index (χ2n) is 6.74. The third kappa shape index (κ3) is 7.19. The number of nitrogens with zero attached hydrogens (tertiary/aromatic N) is 2. The van der Waals surface area contributed by atoms with Crippen LogP contribution in [-0.2, 0) is 9.84 Å². The molecule has 2 rings (SSSR count). The van der Waals surface area contributed by atoms with Crippen LogP contribution in [0.1, 0.15) is 12.8 Å². The Morgan fingerprint density at radius 1 is 1.30 bits per heavy atom. The molecule has 6 nitrogen and oxygen atoms in total. The van der Waals surface area contributed by atoms with Gasteiger partial charge in [0.05, 0.1) is 11.5 Å². The largest absolute Gasteiger partial charge is 0.435 e. The summed E-state index contributed by atoms with van der Waals surface area (Å²) in [6.07, 6.45) is 1.39. The third-order valence-corrected chi connectivity index (χ3v) is 6.33. The van der Waals surface area contributed by atoms with Crippen molar-refractivity contribution < 1.29 is 21.9 Å². The van der Waals surface area contributed by atoms with E-state index < -0.39 is 16.4 Å². The molecule has 1 fully saturated rings. The van der Waals surface area contributed by atoms with Crippen LogP contribution in [0.5, 0.6) is 5.75 Å². The number of ether oxygens (including phenoxy) is 1. The zero-order valence-corrected chi connectivity index (χ0v) is 17.0. The molecule has 1 atom stereocenters. The molecule has 0 aromatic heterocycles. The second kappa shape index (κ2) is 9.61. The molecule has 0 amide bonds. The van der Waals surface area contributed by atoms with E-state index in [0.29, 0.717) is 23.8 Å². The number of thiocarbonyl (C=S) groups is 1. The zero-order chi connectivity index (χ0) is 20.0. The molecule has 10 heteroatoms. The van der Waals surface area contributed by atoms with Crippen LogP contribution in [-0.4, -0.2) is 74.7 Å². The SMILES string of the molecule is CN(C)CCCN(C(=S)Nc1ccc(OC(F)F)cc1)[C@@H]1CCS(=O)(=O)C1.